The highest BCUT2D eigenvalue weighted by Gasteiger charge is 2.20. The van der Waals surface area contributed by atoms with Crippen LogP contribution in [0.1, 0.15) is 5.56 Å². The van der Waals surface area contributed by atoms with E-state index in [2.05, 4.69) is 25.6 Å². The summed E-state index contributed by atoms with van der Waals surface area (Å²) in [5.41, 5.74) is -0.102. The molecular weight excluding hydrogens is 337 g/mol. The molecule has 19 heavy (non-hydrogen) atoms. The lowest BCUT2D eigenvalue weighted by atomic mass is 10.2. The summed E-state index contributed by atoms with van der Waals surface area (Å²) in [5, 5.41) is 8.61. The van der Waals surface area contributed by atoms with Crippen LogP contribution in [0.25, 0.3) is 0 Å². The van der Waals surface area contributed by atoms with Crippen molar-refractivity contribution >= 4 is 31.6 Å². The molecule has 2 rings (SSSR count). The zero-order valence-corrected chi connectivity index (χ0v) is 11.7. The predicted octanol–water partition coefficient (Wildman–Crippen LogP) is 2.59. The molecule has 5 nitrogen and oxygen atoms in total. The van der Waals surface area contributed by atoms with E-state index in [4.69, 9.17) is 5.26 Å². The number of H-pyrrole nitrogens is 1. The molecule has 0 saturated heterocycles. The number of nitriles is 1. The van der Waals surface area contributed by atoms with E-state index in [0.29, 0.717) is 4.47 Å². The highest BCUT2D eigenvalue weighted by Crippen LogP contribution is 2.25. The summed E-state index contributed by atoms with van der Waals surface area (Å²) in [6, 6.07) is 5.25. The van der Waals surface area contributed by atoms with Crippen LogP contribution < -0.4 is 4.72 Å². The first-order valence-electron chi connectivity index (χ1n) is 4.99. The number of nitrogens with one attached hydrogen (secondary N) is 2. The zero-order valence-electron chi connectivity index (χ0n) is 9.31. The van der Waals surface area contributed by atoms with Crippen LogP contribution in [0, 0.1) is 17.1 Å². The SMILES string of the molecule is N#Cc1ccc(NS(=O)(=O)c2c[nH]cc2Br)c(F)c1. The van der Waals surface area contributed by atoms with Gasteiger partial charge in [0.2, 0.25) is 0 Å². The fourth-order valence-electron chi connectivity index (χ4n) is 1.40. The quantitative estimate of drug-likeness (QED) is 0.897. The van der Waals surface area contributed by atoms with Gasteiger partial charge in [-0.25, -0.2) is 12.8 Å². The molecule has 0 spiro atoms. The molecule has 0 aliphatic rings. The maximum Gasteiger partial charge on any atom is 0.264 e. The lowest BCUT2D eigenvalue weighted by molar-refractivity contribution is 0.598. The minimum Gasteiger partial charge on any atom is -0.365 e. The van der Waals surface area contributed by atoms with E-state index in [-0.39, 0.29) is 16.1 Å². The molecule has 0 saturated carbocycles. The summed E-state index contributed by atoms with van der Waals surface area (Å²) < 4.78 is 40.1. The normalized spacial score (nSPS) is 11.0. The molecule has 0 amide bonds. The second-order valence-corrected chi connectivity index (χ2v) is 6.08. The van der Waals surface area contributed by atoms with Crippen LogP contribution in [-0.4, -0.2) is 13.4 Å². The smallest absolute Gasteiger partial charge is 0.264 e. The number of anilines is 1. The predicted molar refractivity (Wildman–Crippen MR) is 70.4 cm³/mol. The minimum absolute atomic E-state index is 0.0312. The zero-order chi connectivity index (χ0) is 14.0. The van der Waals surface area contributed by atoms with Gasteiger partial charge in [-0.15, -0.1) is 0 Å². The Kier molecular flexibility index (Phi) is 3.59. The fourth-order valence-corrected chi connectivity index (χ4v) is 3.39. The van der Waals surface area contributed by atoms with Gasteiger partial charge in [-0.05, 0) is 34.1 Å². The van der Waals surface area contributed by atoms with Gasteiger partial charge in [0.05, 0.1) is 21.8 Å². The number of hydrogen-bond donors (Lipinski definition) is 2. The Labute approximate surface area is 117 Å². The van der Waals surface area contributed by atoms with Crippen LogP contribution in [0.3, 0.4) is 0 Å². The van der Waals surface area contributed by atoms with Crippen molar-refractivity contribution in [3.8, 4) is 6.07 Å². The van der Waals surface area contributed by atoms with E-state index in [1.54, 1.807) is 6.07 Å². The first-order chi connectivity index (χ1) is 8.94. The highest BCUT2D eigenvalue weighted by molar-refractivity contribution is 9.10. The van der Waals surface area contributed by atoms with Gasteiger partial charge in [-0.3, -0.25) is 4.72 Å². The van der Waals surface area contributed by atoms with E-state index in [0.717, 1.165) is 6.07 Å². The number of rotatable bonds is 3. The van der Waals surface area contributed by atoms with Crippen LogP contribution in [-0.2, 0) is 10.0 Å². The lowest BCUT2D eigenvalue weighted by Gasteiger charge is -2.08. The van der Waals surface area contributed by atoms with E-state index >= 15 is 0 Å². The van der Waals surface area contributed by atoms with Crippen molar-refractivity contribution in [2.24, 2.45) is 0 Å². The van der Waals surface area contributed by atoms with Gasteiger partial charge in [0, 0.05) is 12.4 Å². The molecule has 0 bridgehead atoms. The summed E-state index contributed by atoms with van der Waals surface area (Å²) in [5.74, 6) is -0.811. The molecule has 1 heterocycles. The summed E-state index contributed by atoms with van der Waals surface area (Å²) in [6.07, 6.45) is 2.72. The second-order valence-electron chi connectivity index (χ2n) is 3.58. The van der Waals surface area contributed by atoms with Crippen molar-refractivity contribution in [3.05, 3.63) is 46.4 Å². The molecule has 1 aromatic carbocycles. The third-order valence-electron chi connectivity index (χ3n) is 2.29. The first kappa shape index (κ1) is 13.6. The maximum absolute atomic E-state index is 13.6. The van der Waals surface area contributed by atoms with Gasteiger partial charge in [-0.2, -0.15) is 5.26 Å². The standard InChI is InChI=1S/C11H7BrFN3O2S/c12-8-5-15-6-11(8)19(17,18)16-10-2-1-7(4-14)3-9(10)13/h1-3,5-6,15-16H. The van der Waals surface area contributed by atoms with Crippen LogP contribution >= 0.6 is 15.9 Å². The number of hydrogen-bond acceptors (Lipinski definition) is 3. The molecule has 0 fully saturated rings. The average Bonchev–Trinajstić information content (AvgIpc) is 2.79. The van der Waals surface area contributed by atoms with Crippen molar-refractivity contribution in [3.63, 3.8) is 0 Å². The Balaban J connectivity index is 2.37. The monoisotopic (exact) mass is 343 g/mol. The Bertz CT molecular complexity index is 764. The molecule has 0 unspecified atom stereocenters. The van der Waals surface area contributed by atoms with E-state index in [9.17, 15) is 12.8 Å². The Hall–Kier alpha value is -1.85. The molecule has 2 aromatic rings. The summed E-state index contributed by atoms with van der Waals surface area (Å²) in [4.78, 5) is 2.59. The highest BCUT2D eigenvalue weighted by atomic mass is 79.9. The molecule has 98 valence electrons. The first-order valence-corrected chi connectivity index (χ1v) is 7.26. The van der Waals surface area contributed by atoms with E-state index < -0.39 is 15.8 Å². The number of aromatic amines is 1. The third kappa shape index (κ3) is 2.77. The topological polar surface area (TPSA) is 85.8 Å². The van der Waals surface area contributed by atoms with Gasteiger partial charge in [0.15, 0.2) is 0 Å². The number of sulfonamides is 1. The summed E-state index contributed by atoms with van der Waals surface area (Å²) in [7, 11) is -3.89. The van der Waals surface area contributed by atoms with Crippen LogP contribution in [0.4, 0.5) is 10.1 Å². The van der Waals surface area contributed by atoms with Crippen molar-refractivity contribution in [2.75, 3.05) is 4.72 Å². The van der Waals surface area contributed by atoms with Gasteiger partial charge in [0.25, 0.3) is 10.0 Å². The number of aromatic nitrogens is 1. The number of benzene rings is 1. The van der Waals surface area contributed by atoms with Gasteiger partial charge in [0.1, 0.15) is 10.7 Å². The molecule has 0 atom stereocenters. The van der Waals surface area contributed by atoms with Crippen molar-refractivity contribution in [1.29, 1.82) is 5.26 Å². The summed E-state index contributed by atoms with van der Waals surface area (Å²) >= 11 is 3.07. The average molecular weight is 344 g/mol. The molecule has 2 N–H and O–H groups in total. The fraction of sp³-hybridized carbons (Fsp3) is 0. The molecule has 0 radical (unpaired) electrons. The van der Waals surface area contributed by atoms with Gasteiger partial charge >= 0.3 is 0 Å². The summed E-state index contributed by atoms with van der Waals surface area (Å²) in [6.45, 7) is 0. The van der Waals surface area contributed by atoms with Crippen LogP contribution in [0.15, 0.2) is 40.0 Å². The minimum atomic E-state index is -3.89. The number of halogens is 2. The second kappa shape index (κ2) is 5.03. The largest absolute Gasteiger partial charge is 0.365 e. The van der Waals surface area contributed by atoms with E-state index in [1.165, 1.54) is 24.5 Å². The van der Waals surface area contributed by atoms with Gasteiger partial charge < -0.3 is 4.98 Å². The van der Waals surface area contributed by atoms with Crippen LogP contribution in [0.5, 0.6) is 0 Å². The van der Waals surface area contributed by atoms with E-state index in [1.807, 2.05) is 0 Å². The van der Waals surface area contributed by atoms with Crippen molar-refractivity contribution in [1.82, 2.24) is 4.98 Å². The van der Waals surface area contributed by atoms with Gasteiger partial charge in [-0.1, -0.05) is 0 Å². The molecule has 8 heteroatoms. The molecule has 0 aliphatic heterocycles. The molecule has 1 aromatic heterocycles. The Morgan fingerprint density at radius 2 is 2.11 bits per heavy atom. The Morgan fingerprint density at radius 3 is 2.63 bits per heavy atom. The molecular formula is C11H7BrFN3O2S. The lowest BCUT2D eigenvalue weighted by Crippen LogP contribution is -2.13. The Morgan fingerprint density at radius 1 is 1.37 bits per heavy atom. The van der Waals surface area contributed by atoms with Crippen LogP contribution in [0.2, 0.25) is 0 Å². The number of nitrogens with zero attached hydrogens (tertiary/aromatic N) is 1. The van der Waals surface area contributed by atoms with Crippen molar-refractivity contribution < 1.29 is 12.8 Å². The van der Waals surface area contributed by atoms with Crippen molar-refractivity contribution in [2.45, 2.75) is 4.90 Å². The maximum atomic E-state index is 13.6. The molecule has 0 aliphatic carbocycles. The third-order valence-corrected chi connectivity index (χ3v) is 4.62.